The van der Waals surface area contributed by atoms with Crippen LogP contribution in [0, 0.1) is 13.8 Å². The number of hydrogen-bond acceptors (Lipinski definition) is 6. The molecule has 1 amide bonds. The fourth-order valence-corrected chi connectivity index (χ4v) is 3.55. The Morgan fingerprint density at radius 3 is 2.88 bits per heavy atom. The van der Waals surface area contributed by atoms with E-state index in [9.17, 15) is 9.90 Å². The number of nitrogens with zero attached hydrogens (tertiary/aromatic N) is 4. The predicted octanol–water partition coefficient (Wildman–Crippen LogP) is 1.72. The number of piperidine rings is 1. The smallest absolute Gasteiger partial charge is 0.227 e. The Hall–Kier alpha value is -2.41. The van der Waals surface area contributed by atoms with Gasteiger partial charge in [-0.2, -0.15) is 0 Å². The van der Waals surface area contributed by atoms with Crippen molar-refractivity contribution >= 4 is 11.7 Å². The van der Waals surface area contributed by atoms with E-state index in [0.29, 0.717) is 25.3 Å². The average molecular weight is 358 g/mol. The van der Waals surface area contributed by atoms with Gasteiger partial charge in [-0.1, -0.05) is 11.2 Å². The van der Waals surface area contributed by atoms with Gasteiger partial charge in [0.1, 0.15) is 11.6 Å². The highest BCUT2D eigenvalue weighted by molar-refractivity contribution is 5.79. The Kier molecular flexibility index (Phi) is 5.27. The summed E-state index contributed by atoms with van der Waals surface area (Å²) in [5.74, 6) is 1.47. The van der Waals surface area contributed by atoms with Crippen LogP contribution in [0.5, 0.6) is 0 Å². The molecule has 26 heavy (non-hydrogen) atoms. The van der Waals surface area contributed by atoms with Gasteiger partial charge in [0.05, 0.1) is 24.3 Å². The number of anilines is 1. The highest BCUT2D eigenvalue weighted by Crippen LogP contribution is 2.26. The molecule has 1 aliphatic heterocycles. The highest BCUT2D eigenvalue weighted by atomic mass is 16.5. The predicted molar refractivity (Wildman–Crippen MR) is 98.0 cm³/mol. The molecule has 2 aromatic heterocycles. The molecular weight excluding hydrogens is 332 g/mol. The summed E-state index contributed by atoms with van der Waals surface area (Å²) < 4.78 is 5.13. The molecule has 1 aliphatic rings. The zero-order valence-electron chi connectivity index (χ0n) is 15.6. The van der Waals surface area contributed by atoms with E-state index >= 15 is 0 Å². The minimum atomic E-state index is -0.946. The van der Waals surface area contributed by atoms with E-state index in [1.165, 1.54) is 0 Å². The second-order valence-electron chi connectivity index (χ2n) is 7.17. The quantitative estimate of drug-likeness (QED) is 0.876. The summed E-state index contributed by atoms with van der Waals surface area (Å²) in [7, 11) is 1.73. The molecule has 2 aromatic rings. The van der Waals surface area contributed by atoms with E-state index in [1.54, 1.807) is 18.1 Å². The number of carbonyl (C=O) groups is 1. The lowest BCUT2D eigenvalue weighted by Gasteiger charge is -2.41. The SMILES string of the molecule is Cc1noc(C)c1CC(=O)N(C)C[C@]1(O)CCCN(c2ccccn2)C1. The number of hydrogen-bond donors (Lipinski definition) is 1. The third-order valence-electron chi connectivity index (χ3n) is 5.00. The molecule has 1 fully saturated rings. The molecule has 0 unspecified atom stereocenters. The Morgan fingerprint density at radius 1 is 1.42 bits per heavy atom. The molecule has 140 valence electrons. The van der Waals surface area contributed by atoms with Crippen molar-refractivity contribution in [2.75, 3.05) is 31.6 Å². The van der Waals surface area contributed by atoms with Crippen LogP contribution >= 0.6 is 0 Å². The van der Waals surface area contributed by atoms with Gasteiger partial charge >= 0.3 is 0 Å². The molecule has 1 N–H and O–H groups in total. The molecule has 7 heteroatoms. The van der Waals surface area contributed by atoms with Crippen LogP contribution in [0.15, 0.2) is 28.9 Å². The average Bonchev–Trinajstić information content (AvgIpc) is 2.94. The lowest BCUT2D eigenvalue weighted by molar-refractivity contribution is -0.132. The molecule has 0 radical (unpaired) electrons. The van der Waals surface area contributed by atoms with Crippen molar-refractivity contribution in [3.63, 3.8) is 0 Å². The molecule has 0 saturated carbocycles. The number of pyridine rings is 1. The van der Waals surface area contributed by atoms with Crippen molar-refractivity contribution in [3.8, 4) is 0 Å². The Bertz CT molecular complexity index is 742. The number of likely N-dealkylation sites (N-methyl/N-ethyl adjacent to an activating group) is 1. The summed E-state index contributed by atoms with van der Waals surface area (Å²) in [6, 6.07) is 5.76. The lowest BCUT2D eigenvalue weighted by atomic mass is 9.92. The molecule has 7 nitrogen and oxygen atoms in total. The van der Waals surface area contributed by atoms with Crippen molar-refractivity contribution in [1.82, 2.24) is 15.0 Å². The highest BCUT2D eigenvalue weighted by Gasteiger charge is 2.36. The number of aromatic nitrogens is 2. The summed E-state index contributed by atoms with van der Waals surface area (Å²) >= 11 is 0. The number of aryl methyl sites for hydroxylation is 2. The van der Waals surface area contributed by atoms with E-state index in [1.807, 2.05) is 32.0 Å². The van der Waals surface area contributed by atoms with E-state index < -0.39 is 5.60 Å². The van der Waals surface area contributed by atoms with Crippen LogP contribution in [0.25, 0.3) is 0 Å². The fourth-order valence-electron chi connectivity index (χ4n) is 3.55. The van der Waals surface area contributed by atoms with Crippen molar-refractivity contribution in [1.29, 1.82) is 0 Å². The third-order valence-corrected chi connectivity index (χ3v) is 5.00. The maximum Gasteiger partial charge on any atom is 0.227 e. The van der Waals surface area contributed by atoms with Crippen molar-refractivity contribution in [2.24, 2.45) is 0 Å². The van der Waals surface area contributed by atoms with Crippen molar-refractivity contribution in [3.05, 3.63) is 41.4 Å². The molecule has 1 atom stereocenters. The van der Waals surface area contributed by atoms with E-state index in [0.717, 1.165) is 30.0 Å². The van der Waals surface area contributed by atoms with Gasteiger partial charge in [0.25, 0.3) is 0 Å². The summed E-state index contributed by atoms with van der Waals surface area (Å²) in [6.07, 6.45) is 3.51. The zero-order chi connectivity index (χ0) is 18.7. The third kappa shape index (κ3) is 4.04. The minimum absolute atomic E-state index is 0.0530. The maximum atomic E-state index is 12.6. The molecule has 0 bridgehead atoms. The molecule has 3 heterocycles. The molecule has 0 spiro atoms. The number of carbonyl (C=O) groups excluding carboxylic acids is 1. The Morgan fingerprint density at radius 2 is 2.23 bits per heavy atom. The van der Waals surface area contributed by atoms with Crippen LogP contribution in [0.4, 0.5) is 5.82 Å². The van der Waals surface area contributed by atoms with Crippen LogP contribution < -0.4 is 4.90 Å². The number of rotatable bonds is 5. The first-order valence-corrected chi connectivity index (χ1v) is 8.92. The van der Waals surface area contributed by atoms with Crippen LogP contribution in [0.1, 0.15) is 29.9 Å². The second kappa shape index (κ2) is 7.45. The number of aliphatic hydroxyl groups is 1. The van der Waals surface area contributed by atoms with Crippen LogP contribution in [0.2, 0.25) is 0 Å². The van der Waals surface area contributed by atoms with E-state index in [4.69, 9.17) is 4.52 Å². The summed E-state index contributed by atoms with van der Waals surface area (Å²) in [4.78, 5) is 20.7. The van der Waals surface area contributed by atoms with Crippen molar-refractivity contribution < 1.29 is 14.4 Å². The van der Waals surface area contributed by atoms with Crippen LogP contribution in [0.3, 0.4) is 0 Å². The van der Waals surface area contributed by atoms with Gasteiger partial charge in [-0.3, -0.25) is 4.79 Å². The van der Waals surface area contributed by atoms with Crippen LogP contribution in [-0.4, -0.2) is 58.3 Å². The molecule has 0 aliphatic carbocycles. The van der Waals surface area contributed by atoms with Crippen LogP contribution in [-0.2, 0) is 11.2 Å². The first-order chi connectivity index (χ1) is 12.4. The van der Waals surface area contributed by atoms with E-state index in [-0.39, 0.29) is 12.3 Å². The normalized spacial score (nSPS) is 20.2. The lowest BCUT2D eigenvalue weighted by Crippen LogP contribution is -2.55. The molecule has 0 aromatic carbocycles. The van der Waals surface area contributed by atoms with Gasteiger partial charge in [-0.05, 0) is 38.8 Å². The van der Waals surface area contributed by atoms with Gasteiger partial charge in [-0.15, -0.1) is 0 Å². The molecular formula is C19H26N4O3. The Labute approximate surface area is 153 Å². The minimum Gasteiger partial charge on any atom is -0.386 e. The molecule has 3 rings (SSSR count). The standard InChI is InChI=1S/C19H26N4O3/c1-14-16(15(2)26-21-14)11-18(24)22(3)12-19(25)8-6-10-23(13-19)17-7-4-5-9-20-17/h4-5,7,9,25H,6,8,10-13H2,1-3H3/t19-/m1/s1. The monoisotopic (exact) mass is 358 g/mol. The van der Waals surface area contributed by atoms with Gasteiger partial charge in [0.2, 0.25) is 5.91 Å². The molecule has 1 saturated heterocycles. The van der Waals surface area contributed by atoms with Gasteiger partial charge in [0, 0.05) is 31.9 Å². The summed E-state index contributed by atoms with van der Waals surface area (Å²) in [5.41, 5.74) is 0.619. The van der Waals surface area contributed by atoms with Gasteiger partial charge in [-0.25, -0.2) is 4.98 Å². The number of amides is 1. The zero-order valence-corrected chi connectivity index (χ0v) is 15.6. The number of β-amino-alcohol motifs (C(OH)–C–C–N with tert-alkyl or cyclic N) is 1. The summed E-state index contributed by atoms with van der Waals surface area (Å²) in [5, 5.41) is 15.0. The Balaban J connectivity index is 1.64. The summed E-state index contributed by atoms with van der Waals surface area (Å²) in [6.45, 7) is 5.25. The van der Waals surface area contributed by atoms with Gasteiger partial charge in [0.15, 0.2) is 0 Å². The maximum absolute atomic E-state index is 12.6. The first-order valence-electron chi connectivity index (χ1n) is 8.92. The second-order valence-corrected chi connectivity index (χ2v) is 7.17. The van der Waals surface area contributed by atoms with E-state index in [2.05, 4.69) is 15.0 Å². The van der Waals surface area contributed by atoms with Crippen molar-refractivity contribution in [2.45, 2.75) is 38.7 Å². The first kappa shape index (κ1) is 18.4. The largest absolute Gasteiger partial charge is 0.386 e. The fraction of sp³-hybridized carbons (Fsp3) is 0.526. The topological polar surface area (TPSA) is 82.7 Å². The van der Waals surface area contributed by atoms with Gasteiger partial charge < -0.3 is 19.4 Å².